The van der Waals surface area contributed by atoms with Crippen molar-refractivity contribution in [3.8, 4) is 0 Å². The van der Waals surface area contributed by atoms with Crippen molar-refractivity contribution in [2.24, 2.45) is 0 Å². The highest BCUT2D eigenvalue weighted by Crippen LogP contribution is 2.27. The summed E-state index contributed by atoms with van der Waals surface area (Å²) in [6.45, 7) is 2.25. The molecule has 0 atom stereocenters. The minimum absolute atomic E-state index is 0.209. The van der Waals surface area contributed by atoms with Crippen LogP contribution in [0.4, 0.5) is 0 Å². The molecule has 0 spiro atoms. The summed E-state index contributed by atoms with van der Waals surface area (Å²) in [5, 5.41) is 2.45. The predicted molar refractivity (Wildman–Crippen MR) is 103 cm³/mol. The second-order valence-corrected chi connectivity index (χ2v) is 6.93. The summed E-state index contributed by atoms with van der Waals surface area (Å²) in [7, 11) is 0. The Bertz CT molecular complexity index is 589. The summed E-state index contributed by atoms with van der Waals surface area (Å²) in [6.07, 6.45) is 13.4. The Morgan fingerprint density at radius 2 is 1.28 bits per heavy atom. The third-order valence-electron chi connectivity index (χ3n) is 4.87. The molecule has 0 aliphatic carbocycles. The van der Waals surface area contributed by atoms with Crippen molar-refractivity contribution in [2.45, 2.75) is 77.6 Å². The van der Waals surface area contributed by atoms with Gasteiger partial charge in [0.1, 0.15) is 0 Å². The van der Waals surface area contributed by atoms with Crippen LogP contribution in [0.3, 0.4) is 0 Å². The molecule has 0 aromatic heterocycles. The highest BCUT2D eigenvalue weighted by molar-refractivity contribution is 6.35. The van der Waals surface area contributed by atoms with Gasteiger partial charge in [-0.25, -0.2) is 0 Å². The molecule has 1 aliphatic rings. The third kappa shape index (κ3) is 6.15. The Hall–Kier alpha value is -1.90. The molecule has 0 unspecified atom stereocenters. The van der Waals surface area contributed by atoms with Crippen LogP contribution < -0.4 is 5.32 Å². The van der Waals surface area contributed by atoms with Crippen LogP contribution in [-0.2, 0) is 9.59 Å². The van der Waals surface area contributed by atoms with E-state index in [-0.39, 0.29) is 11.8 Å². The third-order valence-corrected chi connectivity index (χ3v) is 4.87. The number of amides is 2. The number of unbranched alkanes of at least 4 members (excludes halogenated alkanes) is 9. The maximum Gasteiger partial charge on any atom is 0.259 e. The Morgan fingerprint density at radius 3 is 1.88 bits per heavy atom. The molecule has 1 N–H and O–H groups in total. The summed E-state index contributed by atoms with van der Waals surface area (Å²) in [5.41, 5.74) is 2.07. The van der Waals surface area contributed by atoms with E-state index in [0.717, 1.165) is 18.4 Å². The molecular weight excluding hydrogens is 310 g/mol. The normalized spacial score (nSPS) is 14.3. The van der Waals surface area contributed by atoms with E-state index in [4.69, 9.17) is 0 Å². The molecule has 25 heavy (non-hydrogen) atoms. The number of benzene rings is 1. The summed E-state index contributed by atoms with van der Waals surface area (Å²) in [4.78, 5) is 24.2. The molecule has 0 saturated carbocycles. The van der Waals surface area contributed by atoms with E-state index in [1.54, 1.807) is 0 Å². The van der Waals surface area contributed by atoms with Crippen LogP contribution in [0.25, 0.3) is 5.57 Å². The van der Waals surface area contributed by atoms with Crippen LogP contribution in [0.2, 0.25) is 0 Å². The van der Waals surface area contributed by atoms with Gasteiger partial charge in [0, 0.05) is 5.57 Å². The standard InChI is InChI=1S/C22H31NO2/c1-2-3-4-5-6-7-8-9-10-14-17-19-20(22(25)23-21(19)24)18-15-12-11-13-16-18/h11-13,15-16H,2-10,14,17H2,1H3,(H,23,24,25). The monoisotopic (exact) mass is 341 g/mol. The van der Waals surface area contributed by atoms with Crippen LogP contribution in [0.5, 0.6) is 0 Å². The first-order valence-corrected chi connectivity index (χ1v) is 9.88. The van der Waals surface area contributed by atoms with E-state index in [1.807, 2.05) is 30.3 Å². The van der Waals surface area contributed by atoms with Crippen LogP contribution >= 0.6 is 0 Å². The average Bonchev–Trinajstić information content (AvgIpc) is 2.90. The Morgan fingerprint density at radius 1 is 0.720 bits per heavy atom. The molecule has 0 bridgehead atoms. The Labute approximate surface area is 151 Å². The van der Waals surface area contributed by atoms with Gasteiger partial charge >= 0.3 is 0 Å². The maximum absolute atomic E-state index is 12.1. The number of carbonyl (C=O) groups is 2. The highest BCUT2D eigenvalue weighted by atomic mass is 16.2. The Balaban J connectivity index is 1.72. The minimum atomic E-state index is -0.252. The first-order chi connectivity index (χ1) is 12.2. The largest absolute Gasteiger partial charge is 0.288 e. The smallest absolute Gasteiger partial charge is 0.259 e. The number of nitrogens with one attached hydrogen (secondary N) is 1. The number of hydrogen-bond donors (Lipinski definition) is 1. The van der Waals surface area contributed by atoms with Crippen LogP contribution in [-0.4, -0.2) is 11.8 Å². The molecular formula is C22H31NO2. The lowest BCUT2D eigenvalue weighted by atomic mass is 9.97. The predicted octanol–water partition coefficient (Wildman–Crippen LogP) is 5.41. The number of imide groups is 1. The molecule has 3 heteroatoms. The van der Waals surface area contributed by atoms with Gasteiger partial charge in [-0.2, -0.15) is 0 Å². The summed E-state index contributed by atoms with van der Waals surface area (Å²) in [6, 6.07) is 9.51. The van der Waals surface area contributed by atoms with Crippen molar-refractivity contribution in [1.29, 1.82) is 0 Å². The molecule has 2 amide bonds. The number of hydrogen-bond acceptors (Lipinski definition) is 2. The summed E-state index contributed by atoms with van der Waals surface area (Å²) < 4.78 is 0. The molecule has 2 rings (SSSR count). The first kappa shape index (κ1) is 19.4. The lowest BCUT2D eigenvalue weighted by molar-refractivity contribution is -0.123. The Kier molecular flexibility index (Phi) is 8.44. The van der Waals surface area contributed by atoms with Crippen molar-refractivity contribution >= 4 is 17.4 Å². The molecule has 136 valence electrons. The zero-order valence-electron chi connectivity index (χ0n) is 15.5. The lowest BCUT2D eigenvalue weighted by Gasteiger charge is -2.05. The van der Waals surface area contributed by atoms with Crippen LogP contribution in [0.1, 0.15) is 83.1 Å². The van der Waals surface area contributed by atoms with Gasteiger partial charge in [0.15, 0.2) is 0 Å². The van der Waals surface area contributed by atoms with E-state index in [1.165, 1.54) is 51.4 Å². The van der Waals surface area contributed by atoms with E-state index in [9.17, 15) is 9.59 Å². The topological polar surface area (TPSA) is 46.2 Å². The zero-order chi connectivity index (χ0) is 17.9. The van der Waals surface area contributed by atoms with Crippen LogP contribution in [0.15, 0.2) is 35.9 Å². The number of carbonyl (C=O) groups excluding carboxylic acids is 2. The molecule has 0 saturated heterocycles. The zero-order valence-corrected chi connectivity index (χ0v) is 15.5. The molecule has 0 fully saturated rings. The van der Waals surface area contributed by atoms with Gasteiger partial charge in [-0.3, -0.25) is 14.9 Å². The molecule has 0 radical (unpaired) electrons. The van der Waals surface area contributed by atoms with Gasteiger partial charge in [0.2, 0.25) is 0 Å². The molecule has 1 heterocycles. The van der Waals surface area contributed by atoms with Crippen molar-refractivity contribution in [1.82, 2.24) is 5.32 Å². The summed E-state index contributed by atoms with van der Waals surface area (Å²) >= 11 is 0. The summed E-state index contributed by atoms with van der Waals surface area (Å²) in [5.74, 6) is -0.460. The van der Waals surface area contributed by atoms with Gasteiger partial charge < -0.3 is 0 Å². The van der Waals surface area contributed by atoms with E-state index in [2.05, 4.69) is 12.2 Å². The van der Waals surface area contributed by atoms with E-state index in [0.29, 0.717) is 17.6 Å². The fourth-order valence-corrected chi connectivity index (χ4v) is 3.43. The fraction of sp³-hybridized carbons (Fsp3) is 0.545. The van der Waals surface area contributed by atoms with Gasteiger partial charge in [-0.1, -0.05) is 95.0 Å². The average molecular weight is 341 g/mol. The second kappa shape index (κ2) is 10.9. The van der Waals surface area contributed by atoms with Gasteiger partial charge in [-0.05, 0) is 18.4 Å². The highest BCUT2D eigenvalue weighted by Gasteiger charge is 2.30. The van der Waals surface area contributed by atoms with Gasteiger partial charge in [0.25, 0.3) is 11.8 Å². The number of rotatable bonds is 12. The van der Waals surface area contributed by atoms with Crippen LogP contribution in [0, 0.1) is 0 Å². The van der Waals surface area contributed by atoms with E-state index >= 15 is 0 Å². The fourth-order valence-electron chi connectivity index (χ4n) is 3.43. The van der Waals surface area contributed by atoms with Crippen molar-refractivity contribution in [3.63, 3.8) is 0 Å². The molecule has 1 aromatic carbocycles. The van der Waals surface area contributed by atoms with Crippen molar-refractivity contribution < 1.29 is 9.59 Å². The molecule has 1 aliphatic heterocycles. The van der Waals surface area contributed by atoms with Crippen molar-refractivity contribution in [2.75, 3.05) is 0 Å². The second-order valence-electron chi connectivity index (χ2n) is 6.93. The first-order valence-electron chi connectivity index (χ1n) is 9.88. The minimum Gasteiger partial charge on any atom is -0.288 e. The lowest BCUT2D eigenvalue weighted by Crippen LogP contribution is -2.23. The SMILES string of the molecule is CCCCCCCCCCCCC1=C(c2ccccc2)C(=O)NC1=O. The van der Waals surface area contributed by atoms with Gasteiger partial charge in [0.05, 0.1) is 5.57 Å². The quantitative estimate of drug-likeness (QED) is 0.408. The van der Waals surface area contributed by atoms with Crippen molar-refractivity contribution in [3.05, 3.63) is 41.5 Å². The molecule has 1 aromatic rings. The van der Waals surface area contributed by atoms with E-state index < -0.39 is 0 Å². The maximum atomic E-state index is 12.1. The van der Waals surface area contributed by atoms with Gasteiger partial charge in [-0.15, -0.1) is 0 Å². The molecule has 3 nitrogen and oxygen atoms in total.